The average molecular weight is 830 g/mol. The first-order valence-electron chi connectivity index (χ1n) is 22.8. The predicted octanol–water partition coefficient (Wildman–Crippen LogP) is 16.8. The zero-order valence-corrected chi connectivity index (χ0v) is 36.6. The maximum Gasteiger partial charge on any atom is 0.0714 e. The molecule has 2 aliphatic rings. The van der Waals surface area contributed by atoms with Crippen LogP contribution in [0.15, 0.2) is 249 Å². The van der Waals surface area contributed by atoms with Crippen LogP contribution in [0.25, 0.3) is 55.6 Å². The van der Waals surface area contributed by atoms with E-state index < -0.39 is 5.41 Å². The Balaban J connectivity index is 1.06. The summed E-state index contributed by atoms with van der Waals surface area (Å²) in [5.74, 6) is 0. The summed E-state index contributed by atoms with van der Waals surface area (Å²) >= 11 is 0. The van der Waals surface area contributed by atoms with Crippen LogP contribution in [0.5, 0.6) is 0 Å². The molecule has 0 spiro atoms. The van der Waals surface area contributed by atoms with Crippen molar-refractivity contribution in [3.8, 4) is 55.6 Å². The first kappa shape index (κ1) is 38.7. The van der Waals surface area contributed by atoms with E-state index in [0.717, 1.165) is 17.1 Å². The van der Waals surface area contributed by atoms with E-state index in [0.29, 0.717) is 0 Å². The van der Waals surface area contributed by atoms with Crippen LogP contribution in [0.3, 0.4) is 0 Å². The largest absolute Gasteiger partial charge is 0.310 e. The average Bonchev–Trinajstić information content (AvgIpc) is 3.81. The van der Waals surface area contributed by atoms with Crippen molar-refractivity contribution in [1.82, 2.24) is 0 Å². The van der Waals surface area contributed by atoms with Crippen molar-refractivity contribution in [3.05, 3.63) is 282 Å². The minimum atomic E-state index is -0.516. The molecule has 0 aromatic heterocycles. The van der Waals surface area contributed by atoms with Crippen LogP contribution in [0, 0.1) is 0 Å². The van der Waals surface area contributed by atoms with Gasteiger partial charge in [0.25, 0.3) is 0 Å². The lowest BCUT2D eigenvalue weighted by Gasteiger charge is -2.34. The molecule has 10 aromatic rings. The summed E-state index contributed by atoms with van der Waals surface area (Å²) in [4.78, 5) is 2.49. The molecular weight excluding hydrogens is 783 g/mol. The minimum absolute atomic E-state index is 0.0679. The monoisotopic (exact) mass is 829 g/mol. The number of rotatable bonds is 8. The van der Waals surface area contributed by atoms with E-state index in [4.69, 9.17) is 0 Å². The lowest BCUT2D eigenvalue weighted by molar-refractivity contribution is 0.660. The number of benzene rings is 10. The second kappa shape index (κ2) is 15.4. The highest BCUT2D eigenvalue weighted by Crippen LogP contribution is 2.59. The molecule has 0 N–H and O–H groups in total. The third-order valence-corrected chi connectivity index (χ3v) is 14.2. The fraction of sp³-hybridized carbons (Fsp3) is 0.0625. The van der Waals surface area contributed by atoms with Gasteiger partial charge in [-0.05, 0) is 120 Å². The fourth-order valence-electron chi connectivity index (χ4n) is 11.2. The maximum absolute atomic E-state index is 2.49. The van der Waals surface area contributed by atoms with Gasteiger partial charge in [0.05, 0.1) is 11.1 Å². The van der Waals surface area contributed by atoms with Gasteiger partial charge in [-0.1, -0.05) is 226 Å². The lowest BCUT2D eigenvalue weighted by atomic mass is 9.68. The minimum Gasteiger partial charge on any atom is -0.310 e. The van der Waals surface area contributed by atoms with Crippen LogP contribution < -0.4 is 4.90 Å². The molecule has 65 heavy (non-hydrogen) atoms. The van der Waals surface area contributed by atoms with Gasteiger partial charge in [-0.25, -0.2) is 0 Å². The van der Waals surface area contributed by atoms with Crippen LogP contribution in [0.1, 0.15) is 47.2 Å². The SMILES string of the molecule is CC1(C)c2ccccc2-c2ccc(-c3ccc(N(c4cccc(-c5ccccc5-c5ccccc5)c4)c4cccc5c4-c4ccccc4C5(c4ccccc4)c4ccccc4)cc3)cc21. The lowest BCUT2D eigenvalue weighted by Crippen LogP contribution is -2.28. The van der Waals surface area contributed by atoms with E-state index in [1.807, 2.05) is 0 Å². The van der Waals surface area contributed by atoms with Gasteiger partial charge >= 0.3 is 0 Å². The van der Waals surface area contributed by atoms with E-state index >= 15 is 0 Å². The molecule has 10 aromatic carbocycles. The molecule has 0 heterocycles. The molecule has 0 amide bonds. The summed E-state index contributed by atoms with van der Waals surface area (Å²) in [6, 6.07) is 92.0. The zero-order chi connectivity index (χ0) is 43.5. The molecule has 0 bridgehead atoms. The summed E-state index contributed by atoms with van der Waals surface area (Å²) in [6.07, 6.45) is 0. The Hall–Kier alpha value is -8.00. The first-order chi connectivity index (χ1) is 32.0. The van der Waals surface area contributed by atoms with Gasteiger partial charge in [0, 0.05) is 22.4 Å². The molecule has 1 nitrogen and oxygen atoms in total. The summed E-state index contributed by atoms with van der Waals surface area (Å²) in [5, 5.41) is 0. The van der Waals surface area contributed by atoms with Crippen LogP contribution >= 0.6 is 0 Å². The molecule has 0 radical (unpaired) electrons. The van der Waals surface area contributed by atoms with Crippen molar-refractivity contribution < 1.29 is 0 Å². The molecule has 0 saturated heterocycles. The number of nitrogens with zero attached hydrogens (tertiary/aromatic N) is 1. The molecule has 1 heteroatoms. The van der Waals surface area contributed by atoms with E-state index in [1.54, 1.807) is 0 Å². The van der Waals surface area contributed by atoms with Crippen molar-refractivity contribution in [2.24, 2.45) is 0 Å². The highest BCUT2D eigenvalue weighted by Gasteiger charge is 2.47. The van der Waals surface area contributed by atoms with Crippen molar-refractivity contribution in [2.75, 3.05) is 4.90 Å². The van der Waals surface area contributed by atoms with Crippen molar-refractivity contribution in [2.45, 2.75) is 24.7 Å². The van der Waals surface area contributed by atoms with Crippen LogP contribution in [0.4, 0.5) is 17.1 Å². The van der Waals surface area contributed by atoms with Gasteiger partial charge in [0.1, 0.15) is 0 Å². The van der Waals surface area contributed by atoms with Gasteiger partial charge in [0.15, 0.2) is 0 Å². The number of fused-ring (bicyclic) bond motifs is 6. The molecule has 0 atom stereocenters. The molecule has 0 fully saturated rings. The Morgan fingerprint density at radius 1 is 0.292 bits per heavy atom. The smallest absolute Gasteiger partial charge is 0.0714 e. The summed E-state index contributed by atoms with van der Waals surface area (Å²) in [6.45, 7) is 4.71. The Bertz CT molecular complexity index is 3340. The molecule has 12 rings (SSSR count). The molecule has 2 aliphatic carbocycles. The van der Waals surface area contributed by atoms with Gasteiger partial charge in [-0.3, -0.25) is 0 Å². The van der Waals surface area contributed by atoms with Gasteiger partial charge < -0.3 is 4.90 Å². The van der Waals surface area contributed by atoms with E-state index in [-0.39, 0.29) is 5.41 Å². The fourth-order valence-corrected chi connectivity index (χ4v) is 11.2. The predicted molar refractivity (Wildman–Crippen MR) is 272 cm³/mol. The van der Waals surface area contributed by atoms with Crippen molar-refractivity contribution >= 4 is 17.1 Å². The van der Waals surface area contributed by atoms with Crippen LogP contribution in [0.2, 0.25) is 0 Å². The number of hydrogen-bond donors (Lipinski definition) is 0. The summed E-state index contributed by atoms with van der Waals surface area (Å²) in [7, 11) is 0. The quantitative estimate of drug-likeness (QED) is 0.147. The third kappa shape index (κ3) is 6.07. The Morgan fingerprint density at radius 3 is 1.49 bits per heavy atom. The Labute approximate surface area is 382 Å². The van der Waals surface area contributed by atoms with Gasteiger partial charge in [0.2, 0.25) is 0 Å². The van der Waals surface area contributed by atoms with Crippen molar-refractivity contribution in [1.29, 1.82) is 0 Å². The molecule has 0 unspecified atom stereocenters. The second-order valence-electron chi connectivity index (χ2n) is 18.0. The standard InChI is InChI=1S/C64H47N/c1-63(2)57-32-16-14-30-54(57)55-41-38-46(43-60(55)63)44-36-39-50(40-37-44)65(51-27-18-22-47(42-51)53-29-13-12-28-52(53)45-20-6-3-7-21-45)61-35-19-34-59-62(61)56-31-15-17-33-58(56)64(59,48-23-8-4-9-24-48)49-25-10-5-11-26-49/h3-43H,1-2H3. The number of anilines is 3. The molecule has 308 valence electrons. The van der Waals surface area contributed by atoms with Gasteiger partial charge in [-0.2, -0.15) is 0 Å². The third-order valence-electron chi connectivity index (χ3n) is 14.2. The summed E-state index contributed by atoms with van der Waals surface area (Å²) < 4.78 is 0. The molecule has 0 aliphatic heterocycles. The van der Waals surface area contributed by atoms with E-state index in [9.17, 15) is 0 Å². The highest BCUT2D eigenvalue weighted by atomic mass is 15.1. The Morgan fingerprint density at radius 2 is 0.800 bits per heavy atom. The number of hydrogen-bond acceptors (Lipinski definition) is 1. The molecule has 0 saturated carbocycles. The zero-order valence-electron chi connectivity index (χ0n) is 36.6. The van der Waals surface area contributed by atoms with Crippen molar-refractivity contribution in [3.63, 3.8) is 0 Å². The summed E-state index contributed by atoms with van der Waals surface area (Å²) in [5.41, 5.74) is 23.0. The Kier molecular flexibility index (Phi) is 9.14. The van der Waals surface area contributed by atoms with Gasteiger partial charge in [-0.15, -0.1) is 0 Å². The molecular formula is C64H47N. The van der Waals surface area contributed by atoms with Crippen LogP contribution in [-0.4, -0.2) is 0 Å². The second-order valence-corrected chi connectivity index (χ2v) is 18.0. The van der Waals surface area contributed by atoms with Crippen LogP contribution in [-0.2, 0) is 10.8 Å². The maximum atomic E-state index is 2.49. The normalized spacial score (nSPS) is 13.6. The van der Waals surface area contributed by atoms with E-state index in [2.05, 4.69) is 267 Å². The topological polar surface area (TPSA) is 3.24 Å². The highest BCUT2D eigenvalue weighted by molar-refractivity contribution is 5.98. The van der Waals surface area contributed by atoms with E-state index in [1.165, 1.54) is 89.0 Å². The first-order valence-corrected chi connectivity index (χ1v) is 22.8.